The molecule has 0 aliphatic rings. The SMILES string of the molecule is CCC(CC)Oc1ccc2oc(=O)ccc2c1. The molecule has 1 aromatic carbocycles. The maximum Gasteiger partial charge on any atom is 0.336 e. The van der Waals surface area contributed by atoms with Crippen molar-refractivity contribution in [1.82, 2.24) is 0 Å². The lowest BCUT2D eigenvalue weighted by atomic mass is 10.2. The Morgan fingerprint density at radius 2 is 1.94 bits per heavy atom. The van der Waals surface area contributed by atoms with Gasteiger partial charge in [-0.05, 0) is 37.1 Å². The maximum atomic E-state index is 11.0. The molecule has 0 radical (unpaired) electrons. The monoisotopic (exact) mass is 232 g/mol. The van der Waals surface area contributed by atoms with Crippen LogP contribution in [0.25, 0.3) is 11.0 Å². The fraction of sp³-hybridized carbons (Fsp3) is 0.357. The van der Waals surface area contributed by atoms with Gasteiger partial charge in [0.2, 0.25) is 0 Å². The lowest BCUT2D eigenvalue weighted by molar-refractivity contribution is 0.193. The van der Waals surface area contributed by atoms with Crippen LogP contribution in [0, 0.1) is 0 Å². The molecular formula is C14H16O3. The van der Waals surface area contributed by atoms with E-state index in [-0.39, 0.29) is 11.7 Å². The minimum atomic E-state index is -0.328. The first-order valence-electron chi connectivity index (χ1n) is 5.93. The van der Waals surface area contributed by atoms with Gasteiger partial charge in [0.15, 0.2) is 0 Å². The van der Waals surface area contributed by atoms with Gasteiger partial charge in [-0.15, -0.1) is 0 Å². The van der Waals surface area contributed by atoms with Crippen molar-refractivity contribution in [3.8, 4) is 5.75 Å². The van der Waals surface area contributed by atoms with Crippen LogP contribution in [0.5, 0.6) is 5.75 Å². The topological polar surface area (TPSA) is 39.4 Å². The highest BCUT2D eigenvalue weighted by Crippen LogP contribution is 2.21. The van der Waals surface area contributed by atoms with Crippen molar-refractivity contribution >= 4 is 11.0 Å². The zero-order valence-corrected chi connectivity index (χ0v) is 10.1. The van der Waals surface area contributed by atoms with E-state index in [0.717, 1.165) is 24.0 Å². The van der Waals surface area contributed by atoms with Crippen molar-refractivity contribution < 1.29 is 9.15 Å². The first kappa shape index (κ1) is 11.7. The lowest BCUT2D eigenvalue weighted by Crippen LogP contribution is -2.13. The van der Waals surface area contributed by atoms with Gasteiger partial charge in [-0.3, -0.25) is 0 Å². The van der Waals surface area contributed by atoms with Crippen LogP contribution in [-0.2, 0) is 0 Å². The van der Waals surface area contributed by atoms with E-state index >= 15 is 0 Å². The third-order valence-corrected chi connectivity index (χ3v) is 2.80. The van der Waals surface area contributed by atoms with Crippen LogP contribution < -0.4 is 10.4 Å². The average Bonchev–Trinajstić information content (AvgIpc) is 2.36. The molecule has 1 heterocycles. The zero-order chi connectivity index (χ0) is 12.3. The molecule has 3 heteroatoms. The molecule has 0 saturated carbocycles. The molecule has 0 unspecified atom stereocenters. The van der Waals surface area contributed by atoms with E-state index in [2.05, 4.69) is 13.8 Å². The molecule has 0 fully saturated rings. The summed E-state index contributed by atoms with van der Waals surface area (Å²) in [6.45, 7) is 4.21. The second-order valence-corrected chi connectivity index (χ2v) is 4.01. The predicted molar refractivity (Wildman–Crippen MR) is 67.5 cm³/mol. The summed E-state index contributed by atoms with van der Waals surface area (Å²) in [7, 11) is 0. The van der Waals surface area contributed by atoms with E-state index in [1.54, 1.807) is 12.1 Å². The van der Waals surface area contributed by atoms with Gasteiger partial charge in [-0.1, -0.05) is 13.8 Å². The van der Waals surface area contributed by atoms with Gasteiger partial charge < -0.3 is 9.15 Å². The molecule has 0 amide bonds. The molecule has 0 aliphatic carbocycles. The highest BCUT2D eigenvalue weighted by molar-refractivity contribution is 5.77. The fourth-order valence-corrected chi connectivity index (χ4v) is 1.77. The normalized spacial score (nSPS) is 11.0. The van der Waals surface area contributed by atoms with Gasteiger partial charge in [0.1, 0.15) is 11.3 Å². The Morgan fingerprint density at radius 1 is 1.18 bits per heavy atom. The summed E-state index contributed by atoms with van der Waals surface area (Å²) in [5.74, 6) is 0.819. The molecule has 1 aromatic heterocycles. The Hall–Kier alpha value is -1.77. The Kier molecular flexibility index (Phi) is 3.47. The molecule has 2 aromatic rings. The van der Waals surface area contributed by atoms with Crippen LogP contribution in [0.1, 0.15) is 26.7 Å². The number of benzene rings is 1. The lowest BCUT2D eigenvalue weighted by Gasteiger charge is -2.15. The smallest absolute Gasteiger partial charge is 0.336 e. The summed E-state index contributed by atoms with van der Waals surface area (Å²) >= 11 is 0. The van der Waals surface area contributed by atoms with Gasteiger partial charge in [0, 0.05) is 11.5 Å². The summed E-state index contributed by atoms with van der Waals surface area (Å²) in [5, 5.41) is 0.882. The van der Waals surface area contributed by atoms with Crippen molar-refractivity contribution in [2.45, 2.75) is 32.8 Å². The molecule has 0 spiro atoms. The van der Waals surface area contributed by atoms with Gasteiger partial charge in [-0.2, -0.15) is 0 Å². The minimum absolute atomic E-state index is 0.239. The second-order valence-electron chi connectivity index (χ2n) is 4.01. The third kappa shape index (κ3) is 2.67. The van der Waals surface area contributed by atoms with E-state index in [0.29, 0.717) is 5.58 Å². The number of ether oxygens (including phenoxy) is 1. The van der Waals surface area contributed by atoms with Gasteiger partial charge in [0.25, 0.3) is 0 Å². The van der Waals surface area contributed by atoms with E-state index in [1.807, 2.05) is 12.1 Å². The number of hydrogen-bond acceptors (Lipinski definition) is 3. The largest absolute Gasteiger partial charge is 0.490 e. The third-order valence-electron chi connectivity index (χ3n) is 2.80. The fourth-order valence-electron chi connectivity index (χ4n) is 1.77. The predicted octanol–water partition coefficient (Wildman–Crippen LogP) is 3.36. The highest BCUT2D eigenvalue weighted by atomic mass is 16.5. The van der Waals surface area contributed by atoms with Gasteiger partial charge >= 0.3 is 5.63 Å². The molecule has 17 heavy (non-hydrogen) atoms. The van der Waals surface area contributed by atoms with Gasteiger partial charge in [0.05, 0.1) is 6.10 Å². The van der Waals surface area contributed by atoms with Crippen LogP contribution in [0.4, 0.5) is 0 Å². The summed E-state index contributed by atoms with van der Waals surface area (Å²) in [6.07, 6.45) is 2.21. The minimum Gasteiger partial charge on any atom is -0.490 e. The van der Waals surface area contributed by atoms with Crippen molar-refractivity contribution in [2.24, 2.45) is 0 Å². The number of fused-ring (bicyclic) bond motifs is 1. The van der Waals surface area contributed by atoms with Gasteiger partial charge in [-0.25, -0.2) is 4.79 Å². The zero-order valence-electron chi connectivity index (χ0n) is 10.1. The molecule has 0 saturated heterocycles. The van der Waals surface area contributed by atoms with Crippen molar-refractivity contribution in [2.75, 3.05) is 0 Å². The van der Waals surface area contributed by atoms with Crippen LogP contribution in [-0.4, -0.2) is 6.10 Å². The Labute approximate surface area is 100 Å². The summed E-state index contributed by atoms with van der Waals surface area (Å²) < 4.78 is 10.9. The molecule has 0 bridgehead atoms. The average molecular weight is 232 g/mol. The molecule has 3 nitrogen and oxygen atoms in total. The Balaban J connectivity index is 2.31. The standard InChI is InChI=1S/C14H16O3/c1-3-11(4-2)16-12-6-7-13-10(9-12)5-8-14(15)17-13/h5-9,11H,3-4H2,1-2H3. The molecule has 0 N–H and O–H groups in total. The molecular weight excluding hydrogens is 216 g/mol. The van der Waals surface area contributed by atoms with E-state index in [1.165, 1.54) is 6.07 Å². The van der Waals surface area contributed by atoms with E-state index in [9.17, 15) is 4.79 Å². The van der Waals surface area contributed by atoms with E-state index < -0.39 is 0 Å². The molecule has 2 rings (SSSR count). The quantitative estimate of drug-likeness (QED) is 0.759. The maximum absolute atomic E-state index is 11.0. The van der Waals surface area contributed by atoms with Crippen LogP contribution in [0.2, 0.25) is 0 Å². The van der Waals surface area contributed by atoms with E-state index in [4.69, 9.17) is 9.15 Å². The first-order valence-corrected chi connectivity index (χ1v) is 5.93. The molecule has 0 aliphatic heterocycles. The van der Waals surface area contributed by atoms with Crippen molar-refractivity contribution in [1.29, 1.82) is 0 Å². The number of hydrogen-bond donors (Lipinski definition) is 0. The first-order chi connectivity index (χ1) is 8.22. The van der Waals surface area contributed by atoms with Crippen LogP contribution in [0.3, 0.4) is 0 Å². The molecule has 90 valence electrons. The summed E-state index contributed by atoms with van der Waals surface area (Å²) in [6, 6.07) is 8.68. The molecule has 0 atom stereocenters. The number of rotatable bonds is 4. The van der Waals surface area contributed by atoms with Crippen molar-refractivity contribution in [3.05, 3.63) is 40.8 Å². The summed E-state index contributed by atoms with van der Waals surface area (Å²) in [4.78, 5) is 11.0. The summed E-state index contributed by atoms with van der Waals surface area (Å²) in [5.41, 5.74) is 0.264. The second kappa shape index (κ2) is 5.04. The van der Waals surface area contributed by atoms with Crippen LogP contribution in [0.15, 0.2) is 39.5 Å². The highest BCUT2D eigenvalue weighted by Gasteiger charge is 2.06. The van der Waals surface area contributed by atoms with Crippen LogP contribution >= 0.6 is 0 Å². The van der Waals surface area contributed by atoms with Crippen molar-refractivity contribution in [3.63, 3.8) is 0 Å². The Morgan fingerprint density at radius 3 is 2.65 bits per heavy atom. The Bertz CT molecular complexity index is 553.